The van der Waals surface area contributed by atoms with Crippen LogP contribution in [0, 0.1) is 31.6 Å². The number of aliphatic hydroxyl groups is 1. The van der Waals surface area contributed by atoms with Crippen molar-refractivity contribution in [1.29, 1.82) is 0 Å². The number of likely N-dealkylation sites (tertiary alicyclic amines) is 1. The number of para-hydroxylation sites is 1. The predicted octanol–water partition coefficient (Wildman–Crippen LogP) is 6.77. The molecule has 2 aromatic carbocycles. The van der Waals surface area contributed by atoms with E-state index in [1.807, 2.05) is 76.5 Å². The lowest BCUT2D eigenvalue weighted by atomic mass is 9.91. The van der Waals surface area contributed by atoms with Gasteiger partial charge in [0.25, 0.3) is 0 Å². The Morgan fingerprint density at radius 3 is 2.53 bits per heavy atom. The van der Waals surface area contributed by atoms with Crippen LogP contribution in [-0.2, 0) is 9.59 Å². The Bertz CT molecular complexity index is 2370. The fraction of sp³-hybridized carbons (Fsp3) is 0.300. The van der Waals surface area contributed by atoms with Crippen molar-refractivity contribution in [1.82, 2.24) is 30.6 Å². The average molecular weight is 747 g/mol. The van der Waals surface area contributed by atoms with Crippen LogP contribution in [0.4, 0.5) is 0 Å². The van der Waals surface area contributed by atoms with Crippen LogP contribution < -0.4 is 5.32 Å². The van der Waals surface area contributed by atoms with E-state index in [2.05, 4.69) is 37.5 Å². The molecule has 11 nitrogen and oxygen atoms in total. The van der Waals surface area contributed by atoms with E-state index in [0.717, 1.165) is 42.4 Å². The number of carbonyl (C=O) groups excluding carboxylic acids is 2. The number of β-amino-alcohol motifs (C(OH)–C–C–N with tert-alkyl or cyclic N) is 1. The Morgan fingerprint density at radius 2 is 1.81 bits per heavy atom. The second kappa shape index (κ2) is 14.9. The van der Waals surface area contributed by atoms with E-state index >= 15 is 0 Å². The number of nitrogens with zero attached hydrogens (tertiary/aromatic N) is 5. The van der Waals surface area contributed by atoms with Crippen LogP contribution in [0.2, 0.25) is 0 Å². The van der Waals surface area contributed by atoms with Crippen molar-refractivity contribution in [2.45, 2.75) is 65.1 Å². The van der Waals surface area contributed by atoms with Crippen LogP contribution in [0.1, 0.15) is 72.3 Å². The first-order chi connectivity index (χ1) is 25.5. The van der Waals surface area contributed by atoms with E-state index < -0.39 is 18.1 Å². The largest absolute Gasteiger partial charge is 0.507 e. The van der Waals surface area contributed by atoms with Crippen molar-refractivity contribution in [3.8, 4) is 39.3 Å². The van der Waals surface area contributed by atoms with Crippen LogP contribution in [0.25, 0.3) is 31.9 Å². The molecule has 4 atom stereocenters. The summed E-state index contributed by atoms with van der Waals surface area (Å²) in [5.41, 5.74) is 7.23. The molecule has 1 aliphatic heterocycles. The summed E-state index contributed by atoms with van der Waals surface area (Å²) in [6.07, 6.45) is -0.696. The summed E-state index contributed by atoms with van der Waals surface area (Å²) in [5, 5.41) is 37.7. The number of thiophene rings is 1. The van der Waals surface area contributed by atoms with Crippen molar-refractivity contribution in [2.24, 2.45) is 5.92 Å². The summed E-state index contributed by atoms with van der Waals surface area (Å²) in [7, 11) is 0. The van der Waals surface area contributed by atoms with E-state index in [1.165, 1.54) is 16.2 Å². The van der Waals surface area contributed by atoms with Gasteiger partial charge in [0.05, 0.1) is 38.8 Å². The maximum atomic E-state index is 14.1. The molecule has 0 radical (unpaired) electrons. The minimum atomic E-state index is -0.840. The van der Waals surface area contributed by atoms with Crippen molar-refractivity contribution < 1.29 is 24.3 Å². The van der Waals surface area contributed by atoms with Crippen molar-refractivity contribution >= 4 is 44.7 Å². The monoisotopic (exact) mass is 746 g/mol. The van der Waals surface area contributed by atoms with Gasteiger partial charge in [-0.1, -0.05) is 55.4 Å². The molecule has 0 unspecified atom stereocenters. The molecule has 2 amide bonds. The number of aromatic nitrogens is 4. The van der Waals surface area contributed by atoms with E-state index in [0.29, 0.717) is 22.7 Å². The molecule has 0 saturated carbocycles. The molecule has 1 saturated heterocycles. The molecule has 1 aliphatic rings. The summed E-state index contributed by atoms with van der Waals surface area (Å²) < 4.78 is 5.70. The Balaban J connectivity index is 1.06. The Morgan fingerprint density at radius 1 is 1.04 bits per heavy atom. The predicted molar refractivity (Wildman–Crippen MR) is 204 cm³/mol. The smallest absolute Gasteiger partial charge is 0.243 e. The first-order valence-corrected chi connectivity index (χ1v) is 19.0. The molecule has 53 heavy (non-hydrogen) atoms. The quantitative estimate of drug-likeness (QED) is 0.143. The van der Waals surface area contributed by atoms with Crippen LogP contribution in [0.15, 0.2) is 70.7 Å². The van der Waals surface area contributed by atoms with Gasteiger partial charge in [-0.2, -0.15) is 0 Å². The molecule has 0 spiro atoms. The third kappa shape index (κ3) is 7.30. The van der Waals surface area contributed by atoms with Gasteiger partial charge in [-0.3, -0.25) is 9.59 Å². The van der Waals surface area contributed by atoms with Gasteiger partial charge in [0.2, 0.25) is 11.8 Å². The molecule has 3 N–H and O–H groups in total. The van der Waals surface area contributed by atoms with Gasteiger partial charge in [-0.25, -0.2) is 4.98 Å². The Labute approximate surface area is 314 Å². The normalized spacial score (nSPS) is 16.8. The number of aryl methyl sites for hydroxylation is 2. The van der Waals surface area contributed by atoms with Crippen LogP contribution >= 0.6 is 22.7 Å². The third-order valence-electron chi connectivity index (χ3n) is 9.60. The van der Waals surface area contributed by atoms with E-state index in [1.54, 1.807) is 35.6 Å². The van der Waals surface area contributed by atoms with E-state index in [-0.39, 0.29) is 42.5 Å². The lowest BCUT2D eigenvalue weighted by molar-refractivity contribution is -0.141. The second-order valence-electron chi connectivity index (χ2n) is 13.6. The van der Waals surface area contributed by atoms with Crippen molar-refractivity contribution in [3.63, 3.8) is 0 Å². The molecule has 0 aliphatic carbocycles. The summed E-state index contributed by atoms with van der Waals surface area (Å²) in [6, 6.07) is 17.4. The minimum Gasteiger partial charge on any atom is -0.507 e. The van der Waals surface area contributed by atoms with Gasteiger partial charge in [0, 0.05) is 30.0 Å². The number of fused-ring (bicyclic) bond motifs is 1. The number of rotatable bonds is 8. The average Bonchev–Trinajstić information content (AvgIpc) is 3.94. The van der Waals surface area contributed by atoms with Gasteiger partial charge >= 0.3 is 0 Å². The Kier molecular flexibility index (Phi) is 10.1. The number of hydrogen-bond acceptors (Lipinski definition) is 11. The lowest BCUT2D eigenvalue weighted by Gasteiger charge is -2.29. The molecule has 5 heterocycles. The number of thiazole rings is 1. The Hall–Kier alpha value is -5.42. The topological polar surface area (TPSA) is 155 Å². The number of nitrogens with one attached hydrogen (secondary N) is 1. The number of phenols is 1. The number of aliphatic hydroxyl groups excluding tert-OH is 1. The highest BCUT2D eigenvalue weighted by Crippen LogP contribution is 2.35. The highest BCUT2D eigenvalue weighted by Gasteiger charge is 2.43. The fourth-order valence-electron chi connectivity index (χ4n) is 6.69. The summed E-state index contributed by atoms with van der Waals surface area (Å²) in [5.74, 6) is 5.12. The maximum absolute atomic E-state index is 14.1. The number of benzene rings is 2. The molecule has 270 valence electrons. The molecule has 1 fully saturated rings. The van der Waals surface area contributed by atoms with Crippen LogP contribution in [0.5, 0.6) is 5.75 Å². The van der Waals surface area contributed by atoms with Gasteiger partial charge in [-0.15, -0.1) is 32.9 Å². The van der Waals surface area contributed by atoms with Crippen LogP contribution in [0.3, 0.4) is 0 Å². The number of aromatic hydroxyl groups is 1. The van der Waals surface area contributed by atoms with Gasteiger partial charge < -0.3 is 25.0 Å². The first-order valence-electron chi connectivity index (χ1n) is 17.3. The standard InChI is InChI=1S/C40H38N6O5S2/c1-21(2)36(34-16-27(45-51-34)14-15-35-22(3)30-18-31(43-44-39(30)53-35)29-8-6-7-9-33(29)48)40(50)46-19-28(47)17-32(46)38(49)42-23(4)25-10-12-26(13-11-25)37-24(5)41-20-52-37/h6-13,16,18,20-21,23,28,32,36,47-48H,17,19H2,1-5H3,(H,42,49)/t23-,28+,32-,36+/m0/s1. The summed E-state index contributed by atoms with van der Waals surface area (Å²) in [4.78, 5) is 36.2. The zero-order chi connectivity index (χ0) is 37.4. The first kappa shape index (κ1) is 36.0. The number of hydrogen-bond donors (Lipinski definition) is 3. The van der Waals surface area contributed by atoms with Gasteiger partial charge in [-0.05, 0) is 73.4 Å². The molecular weight excluding hydrogens is 709 g/mol. The highest BCUT2D eigenvalue weighted by atomic mass is 32.1. The molecule has 4 aromatic heterocycles. The minimum absolute atomic E-state index is 0.0396. The van der Waals surface area contributed by atoms with Gasteiger partial charge in [0.15, 0.2) is 11.5 Å². The number of carbonyl (C=O) groups is 2. The van der Waals surface area contributed by atoms with Crippen molar-refractivity contribution in [2.75, 3.05) is 6.54 Å². The maximum Gasteiger partial charge on any atom is 0.243 e. The molecule has 6 aromatic rings. The van der Waals surface area contributed by atoms with Gasteiger partial charge in [0.1, 0.15) is 22.5 Å². The zero-order valence-corrected chi connectivity index (χ0v) is 31.5. The zero-order valence-electron chi connectivity index (χ0n) is 29.8. The third-order valence-corrected chi connectivity index (χ3v) is 11.7. The lowest BCUT2D eigenvalue weighted by Crippen LogP contribution is -2.48. The molecule has 0 bridgehead atoms. The molecule has 13 heteroatoms. The molecular formula is C40H38N6O5S2. The fourth-order valence-corrected chi connectivity index (χ4v) is 8.47. The van der Waals surface area contributed by atoms with E-state index in [4.69, 9.17) is 4.52 Å². The highest BCUT2D eigenvalue weighted by molar-refractivity contribution is 7.19. The number of phenolic OH excluding ortho intramolecular Hbond substituents is 1. The summed E-state index contributed by atoms with van der Waals surface area (Å²) in [6.45, 7) is 9.69. The van der Waals surface area contributed by atoms with Crippen LogP contribution in [-0.4, -0.2) is 66.0 Å². The SMILES string of the molecule is Cc1ncsc1-c1ccc([C@H](C)NC(=O)[C@@H]2C[C@@H](O)CN2C(=O)[C@@H](c2cc(C#Cc3sc4nnc(-c5ccccc5O)cc4c3C)no2)C(C)C)cc1. The molecule has 7 rings (SSSR count). The summed E-state index contributed by atoms with van der Waals surface area (Å²) >= 11 is 2.99. The number of amides is 2. The second-order valence-corrected chi connectivity index (χ2v) is 15.5. The van der Waals surface area contributed by atoms with E-state index in [9.17, 15) is 19.8 Å². The van der Waals surface area contributed by atoms with Crippen molar-refractivity contribution in [3.05, 3.63) is 99.3 Å².